The minimum absolute atomic E-state index is 0.00526. The Labute approximate surface area is 185 Å². The third-order valence-electron chi connectivity index (χ3n) is 4.77. The predicted octanol–water partition coefficient (Wildman–Crippen LogP) is 2.29. The Kier molecular flexibility index (Phi) is 8.60. The number of thioether (sulfide) groups is 1. The Hall–Kier alpha value is -2.20. The zero-order chi connectivity index (χ0) is 22.3. The van der Waals surface area contributed by atoms with Crippen LogP contribution in [0.15, 0.2) is 23.0 Å². The van der Waals surface area contributed by atoms with Crippen LogP contribution in [0, 0.1) is 5.92 Å². The average Bonchev–Trinajstić information content (AvgIpc) is 3.33. The van der Waals surface area contributed by atoms with Crippen molar-refractivity contribution in [1.29, 1.82) is 0 Å². The summed E-state index contributed by atoms with van der Waals surface area (Å²) in [6, 6.07) is 0.0747. The van der Waals surface area contributed by atoms with Crippen LogP contribution >= 0.6 is 23.1 Å². The second kappa shape index (κ2) is 10.7. The molecule has 1 aliphatic rings. The molecule has 1 aromatic rings. The van der Waals surface area contributed by atoms with E-state index in [1.54, 1.807) is 0 Å². The quantitative estimate of drug-likeness (QED) is 0.394. The largest absolute Gasteiger partial charge is 0.460 e. The van der Waals surface area contributed by atoms with Gasteiger partial charge in [-0.1, -0.05) is 26.5 Å². The van der Waals surface area contributed by atoms with Gasteiger partial charge in [-0.05, 0) is 19.8 Å². The number of carbonyl (C=O) groups is 3. The highest BCUT2D eigenvalue weighted by molar-refractivity contribution is 8.14. The summed E-state index contributed by atoms with van der Waals surface area (Å²) in [5.74, 6) is 0.554. The molecule has 0 saturated heterocycles. The molecule has 0 aromatic carbocycles. The smallest absolute Gasteiger partial charge is 0.293 e. The van der Waals surface area contributed by atoms with Gasteiger partial charge in [0.15, 0.2) is 0 Å². The van der Waals surface area contributed by atoms with Gasteiger partial charge in [0.2, 0.25) is 11.8 Å². The molecule has 3 atom stereocenters. The summed E-state index contributed by atoms with van der Waals surface area (Å²) in [5.41, 5.74) is -0.115. The lowest BCUT2D eigenvalue weighted by Crippen LogP contribution is -2.48. The molecule has 2 N–H and O–H groups in total. The minimum Gasteiger partial charge on any atom is -0.460 e. The first-order valence-electron chi connectivity index (χ1n) is 9.65. The number of carbonyl (C=O) groups excluding carboxylic acids is 3. The number of aliphatic imine (C=N–C) groups is 1. The minimum atomic E-state index is -0.820. The molecule has 1 aromatic heterocycles. The summed E-state index contributed by atoms with van der Waals surface area (Å²) in [5, 5.41) is 9.10. The molecule has 8 nitrogen and oxygen atoms in total. The maximum absolute atomic E-state index is 12.7. The standard InChI is InChI=1S/C20H28N4O4S2/c1-6-14(28-11-25)7-16(26)21-8-17-23-15(9-29-17)18-24-20(5,10-30-18)19(27)22-13(4)12(2)3/h6,9,11-14H,1,7-8,10H2,2-5H3,(H,21,26)(H,22,27)/t13?,14?,20-/m0/s1. The van der Waals surface area contributed by atoms with E-state index in [4.69, 9.17) is 4.74 Å². The van der Waals surface area contributed by atoms with Crippen molar-refractivity contribution < 1.29 is 19.1 Å². The van der Waals surface area contributed by atoms with Crippen LogP contribution in [0.2, 0.25) is 0 Å². The van der Waals surface area contributed by atoms with Crippen LogP contribution in [0.1, 0.15) is 44.8 Å². The van der Waals surface area contributed by atoms with Crippen molar-refractivity contribution in [2.24, 2.45) is 10.9 Å². The number of nitrogens with one attached hydrogen (secondary N) is 2. The van der Waals surface area contributed by atoms with Crippen LogP contribution in [0.4, 0.5) is 0 Å². The van der Waals surface area contributed by atoms with E-state index in [2.05, 4.69) is 41.0 Å². The molecule has 2 rings (SSSR count). The second-order valence-electron chi connectivity index (χ2n) is 7.60. The van der Waals surface area contributed by atoms with Crippen molar-refractivity contribution in [1.82, 2.24) is 15.6 Å². The van der Waals surface area contributed by atoms with Crippen molar-refractivity contribution in [3.05, 3.63) is 28.7 Å². The fourth-order valence-corrected chi connectivity index (χ4v) is 4.38. The van der Waals surface area contributed by atoms with Gasteiger partial charge in [0, 0.05) is 17.2 Å². The van der Waals surface area contributed by atoms with Gasteiger partial charge >= 0.3 is 0 Å². The van der Waals surface area contributed by atoms with E-state index in [0.717, 1.165) is 10.1 Å². The highest BCUT2D eigenvalue weighted by atomic mass is 32.2. The summed E-state index contributed by atoms with van der Waals surface area (Å²) in [4.78, 5) is 44.2. The SMILES string of the molecule is C=CC(CC(=O)NCc1nc(C2=N[C@](C)(C(=O)NC(C)C(C)C)CS2)cs1)OC=O. The molecule has 2 heterocycles. The first-order valence-corrected chi connectivity index (χ1v) is 11.5. The third-order valence-corrected chi connectivity index (χ3v) is 6.90. The number of ether oxygens (including phenoxy) is 1. The van der Waals surface area contributed by atoms with E-state index in [-0.39, 0.29) is 30.8 Å². The molecule has 0 aliphatic carbocycles. The first-order chi connectivity index (χ1) is 14.2. The number of thiazole rings is 1. The normalized spacial score (nSPS) is 20.2. The molecular formula is C20H28N4O4S2. The van der Waals surface area contributed by atoms with Gasteiger partial charge in [-0.15, -0.1) is 23.1 Å². The molecule has 164 valence electrons. The summed E-state index contributed by atoms with van der Waals surface area (Å²) >= 11 is 2.91. The van der Waals surface area contributed by atoms with Crippen molar-refractivity contribution in [3.8, 4) is 0 Å². The molecule has 0 radical (unpaired) electrons. The predicted molar refractivity (Wildman–Crippen MR) is 120 cm³/mol. The number of hydrogen-bond acceptors (Lipinski definition) is 8. The molecule has 30 heavy (non-hydrogen) atoms. The average molecular weight is 453 g/mol. The monoisotopic (exact) mass is 452 g/mol. The number of aromatic nitrogens is 1. The van der Waals surface area contributed by atoms with Crippen LogP contribution in [-0.4, -0.2) is 51.8 Å². The van der Waals surface area contributed by atoms with Gasteiger partial charge in [0.1, 0.15) is 27.4 Å². The second-order valence-corrected chi connectivity index (χ2v) is 9.51. The van der Waals surface area contributed by atoms with Crippen LogP contribution in [-0.2, 0) is 25.7 Å². The lowest BCUT2D eigenvalue weighted by atomic mass is 10.0. The summed E-state index contributed by atoms with van der Waals surface area (Å²) in [7, 11) is 0. The fourth-order valence-electron chi connectivity index (χ4n) is 2.45. The third kappa shape index (κ3) is 6.40. The molecule has 2 amide bonds. The van der Waals surface area contributed by atoms with Crippen molar-refractivity contribution >= 4 is 46.4 Å². The van der Waals surface area contributed by atoms with Crippen LogP contribution in [0.25, 0.3) is 0 Å². The van der Waals surface area contributed by atoms with Crippen LogP contribution in [0.3, 0.4) is 0 Å². The van der Waals surface area contributed by atoms with E-state index >= 15 is 0 Å². The van der Waals surface area contributed by atoms with E-state index in [0.29, 0.717) is 23.8 Å². The lowest BCUT2D eigenvalue weighted by Gasteiger charge is -2.24. The van der Waals surface area contributed by atoms with Crippen molar-refractivity contribution in [2.45, 2.75) is 58.3 Å². The van der Waals surface area contributed by atoms with Crippen molar-refractivity contribution in [3.63, 3.8) is 0 Å². The number of amides is 2. The molecule has 0 spiro atoms. The topological polar surface area (TPSA) is 110 Å². The van der Waals surface area contributed by atoms with Gasteiger partial charge < -0.3 is 15.4 Å². The van der Waals surface area contributed by atoms with Crippen LogP contribution in [0.5, 0.6) is 0 Å². The maximum atomic E-state index is 12.7. The highest BCUT2D eigenvalue weighted by Crippen LogP contribution is 2.31. The van der Waals surface area contributed by atoms with Gasteiger partial charge in [0.25, 0.3) is 6.47 Å². The van der Waals surface area contributed by atoms with Crippen molar-refractivity contribution in [2.75, 3.05) is 5.75 Å². The Morgan fingerprint density at radius 3 is 2.77 bits per heavy atom. The number of hydrogen-bond donors (Lipinski definition) is 2. The summed E-state index contributed by atoms with van der Waals surface area (Å²) < 4.78 is 4.74. The van der Waals surface area contributed by atoms with E-state index in [1.807, 2.05) is 19.2 Å². The molecule has 1 aliphatic heterocycles. The molecule has 0 saturated carbocycles. The Morgan fingerprint density at radius 1 is 1.40 bits per heavy atom. The molecule has 0 bridgehead atoms. The summed E-state index contributed by atoms with van der Waals surface area (Å²) in [6.45, 7) is 12.0. The Bertz CT molecular complexity index is 823. The Morgan fingerprint density at radius 2 is 2.13 bits per heavy atom. The van der Waals surface area contributed by atoms with Gasteiger partial charge in [-0.25, -0.2) is 4.98 Å². The maximum Gasteiger partial charge on any atom is 0.293 e. The van der Waals surface area contributed by atoms with Crippen LogP contribution < -0.4 is 10.6 Å². The first kappa shape index (κ1) is 24.1. The fraction of sp³-hybridized carbons (Fsp3) is 0.550. The van der Waals surface area contributed by atoms with Gasteiger partial charge in [0.05, 0.1) is 13.0 Å². The zero-order valence-corrected chi connectivity index (χ0v) is 19.3. The van der Waals surface area contributed by atoms with E-state index in [1.165, 1.54) is 29.2 Å². The van der Waals surface area contributed by atoms with E-state index in [9.17, 15) is 14.4 Å². The summed E-state index contributed by atoms with van der Waals surface area (Å²) in [6.07, 6.45) is 0.756. The zero-order valence-electron chi connectivity index (χ0n) is 17.6. The van der Waals surface area contributed by atoms with Gasteiger partial charge in [-0.3, -0.25) is 19.4 Å². The molecule has 0 fully saturated rings. The van der Waals surface area contributed by atoms with Gasteiger partial charge in [-0.2, -0.15) is 0 Å². The van der Waals surface area contributed by atoms with E-state index < -0.39 is 11.6 Å². The number of nitrogens with zero attached hydrogens (tertiary/aromatic N) is 2. The molecule has 10 heteroatoms. The number of rotatable bonds is 11. The highest BCUT2D eigenvalue weighted by Gasteiger charge is 2.39. The molecule has 2 unspecified atom stereocenters. The lowest BCUT2D eigenvalue weighted by molar-refractivity contribution is -0.134. The Balaban J connectivity index is 1.95. The molecular weight excluding hydrogens is 424 g/mol.